The molecule has 1 unspecified atom stereocenters. The topological polar surface area (TPSA) is 101 Å². The number of nitrogens with one attached hydrogen (secondary N) is 1. The average molecular weight is 291 g/mol. The van der Waals surface area contributed by atoms with Crippen LogP contribution in [0.5, 0.6) is 0 Å². The van der Waals surface area contributed by atoms with E-state index < -0.39 is 38.6 Å². The van der Waals surface area contributed by atoms with E-state index in [2.05, 4.69) is 5.32 Å². The molecule has 0 saturated heterocycles. The lowest BCUT2D eigenvalue weighted by molar-refractivity contribution is -0.137. The monoisotopic (exact) mass is 291 g/mol. The van der Waals surface area contributed by atoms with E-state index >= 15 is 0 Å². The smallest absolute Gasteiger partial charge is 0.322 e. The second-order valence-corrected chi connectivity index (χ2v) is 7.48. The van der Waals surface area contributed by atoms with Crippen molar-refractivity contribution in [3.63, 3.8) is 0 Å². The van der Waals surface area contributed by atoms with Gasteiger partial charge < -0.3 is 10.4 Å². The van der Waals surface area contributed by atoms with Gasteiger partial charge in [0, 0.05) is 6.04 Å². The quantitative estimate of drug-likeness (QED) is 0.745. The van der Waals surface area contributed by atoms with Crippen molar-refractivity contribution in [2.75, 3.05) is 5.75 Å². The Labute approximate surface area is 113 Å². The van der Waals surface area contributed by atoms with Crippen LogP contribution in [0, 0.1) is 5.92 Å². The van der Waals surface area contributed by atoms with Crippen LogP contribution in [-0.4, -0.2) is 42.4 Å². The van der Waals surface area contributed by atoms with Gasteiger partial charge in [0.1, 0.15) is 5.75 Å². The molecule has 0 aliphatic heterocycles. The van der Waals surface area contributed by atoms with Gasteiger partial charge in [-0.05, 0) is 18.8 Å². The van der Waals surface area contributed by atoms with E-state index in [9.17, 15) is 18.0 Å². The highest BCUT2D eigenvalue weighted by molar-refractivity contribution is 7.93. The number of carbonyl (C=O) groups is 2. The zero-order valence-electron chi connectivity index (χ0n) is 11.3. The van der Waals surface area contributed by atoms with E-state index in [0.717, 1.165) is 25.7 Å². The van der Waals surface area contributed by atoms with Crippen molar-refractivity contribution in [1.29, 1.82) is 0 Å². The van der Waals surface area contributed by atoms with E-state index in [1.165, 1.54) is 13.8 Å². The van der Waals surface area contributed by atoms with E-state index in [-0.39, 0.29) is 6.04 Å². The van der Waals surface area contributed by atoms with Gasteiger partial charge in [-0.2, -0.15) is 0 Å². The fourth-order valence-electron chi connectivity index (χ4n) is 2.47. The molecule has 1 rings (SSSR count). The van der Waals surface area contributed by atoms with Gasteiger partial charge in [0.25, 0.3) is 0 Å². The predicted molar refractivity (Wildman–Crippen MR) is 70.4 cm³/mol. The van der Waals surface area contributed by atoms with Gasteiger partial charge in [-0.3, -0.25) is 9.59 Å². The van der Waals surface area contributed by atoms with E-state index in [0.29, 0.717) is 0 Å². The number of rotatable bonds is 6. The van der Waals surface area contributed by atoms with Crippen LogP contribution < -0.4 is 5.32 Å². The summed E-state index contributed by atoms with van der Waals surface area (Å²) in [6.07, 6.45) is 3.78. The molecule has 0 spiro atoms. The summed E-state index contributed by atoms with van der Waals surface area (Å²) < 4.78 is 23.9. The molecule has 1 amide bonds. The standard InChI is InChI=1S/C12H21NO5S/c1-8(2)11(12(15)16)19(17,18)7-10(14)13-9-5-3-4-6-9/h8-9,11H,3-7H2,1-2H3,(H,13,14)(H,15,16). The number of amides is 1. The number of carboxylic acid groups (broad SMARTS) is 1. The van der Waals surface area contributed by atoms with Crippen LogP contribution in [0.15, 0.2) is 0 Å². The molecule has 1 fully saturated rings. The Kier molecular flexibility index (Phi) is 5.34. The van der Waals surface area contributed by atoms with Gasteiger partial charge in [-0.1, -0.05) is 26.7 Å². The summed E-state index contributed by atoms with van der Waals surface area (Å²) in [5, 5.41) is 10.1. The van der Waals surface area contributed by atoms with Crippen LogP contribution in [-0.2, 0) is 19.4 Å². The van der Waals surface area contributed by atoms with Gasteiger partial charge in [-0.15, -0.1) is 0 Å². The molecule has 7 heteroatoms. The number of carboxylic acids is 1. The first kappa shape index (κ1) is 15.9. The summed E-state index contributed by atoms with van der Waals surface area (Å²) in [4.78, 5) is 22.7. The van der Waals surface area contributed by atoms with Gasteiger partial charge in [-0.25, -0.2) is 8.42 Å². The Morgan fingerprint density at radius 2 is 1.79 bits per heavy atom. The van der Waals surface area contributed by atoms with Crippen LogP contribution in [0.1, 0.15) is 39.5 Å². The second-order valence-electron chi connectivity index (χ2n) is 5.36. The van der Waals surface area contributed by atoms with Crippen molar-refractivity contribution < 1.29 is 23.1 Å². The van der Waals surface area contributed by atoms with Gasteiger partial charge in [0.2, 0.25) is 5.91 Å². The molecule has 0 heterocycles. The minimum absolute atomic E-state index is 0.0324. The SMILES string of the molecule is CC(C)C(C(=O)O)S(=O)(=O)CC(=O)NC1CCCC1. The van der Waals surface area contributed by atoms with E-state index in [1.807, 2.05) is 0 Å². The van der Waals surface area contributed by atoms with Gasteiger partial charge in [0.15, 0.2) is 15.1 Å². The first-order chi connectivity index (χ1) is 8.74. The van der Waals surface area contributed by atoms with Crippen LogP contribution in [0.2, 0.25) is 0 Å². The normalized spacial score (nSPS) is 18.5. The predicted octanol–water partition coefficient (Wildman–Crippen LogP) is 0.569. The summed E-state index contributed by atoms with van der Waals surface area (Å²) in [7, 11) is -3.97. The van der Waals surface area contributed by atoms with Crippen LogP contribution in [0.4, 0.5) is 0 Å². The number of carbonyl (C=O) groups excluding carboxylic acids is 1. The molecule has 2 N–H and O–H groups in total. The summed E-state index contributed by atoms with van der Waals surface area (Å²) in [6.45, 7) is 3.04. The fraction of sp³-hybridized carbons (Fsp3) is 0.833. The van der Waals surface area contributed by atoms with Crippen molar-refractivity contribution in [2.24, 2.45) is 5.92 Å². The number of hydrogen-bond donors (Lipinski definition) is 2. The van der Waals surface area contributed by atoms with Crippen LogP contribution in [0.25, 0.3) is 0 Å². The summed E-state index contributed by atoms with van der Waals surface area (Å²) in [5.41, 5.74) is 0. The molecule has 6 nitrogen and oxygen atoms in total. The Morgan fingerprint density at radius 1 is 1.26 bits per heavy atom. The van der Waals surface area contributed by atoms with Crippen molar-refractivity contribution in [2.45, 2.75) is 50.8 Å². The molecule has 0 bridgehead atoms. The van der Waals surface area contributed by atoms with Crippen LogP contribution in [0.3, 0.4) is 0 Å². The van der Waals surface area contributed by atoms with Crippen molar-refractivity contribution >= 4 is 21.7 Å². The molecule has 19 heavy (non-hydrogen) atoms. The number of hydrogen-bond acceptors (Lipinski definition) is 4. The lowest BCUT2D eigenvalue weighted by Gasteiger charge is -2.17. The third-order valence-corrected chi connectivity index (χ3v) is 5.47. The third-order valence-electron chi connectivity index (χ3n) is 3.29. The highest BCUT2D eigenvalue weighted by Crippen LogP contribution is 2.18. The van der Waals surface area contributed by atoms with Gasteiger partial charge >= 0.3 is 5.97 Å². The van der Waals surface area contributed by atoms with E-state index in [4.69, 9.17) is 5.11 Å². The maximum absolute atomic E-state index is 12.0. The molecule has 110 valence electrons. The first-order valence-electron chi connectivity index (χ1n) is 6.47. The fourth-order valence-corrected chi connectivity index (χ4v) is 4.23. The van der Waals surface area contributed by atoms with E-state index in [1.54, 1.807) is 0 Å². The lowest BCUT2D eigenvalue weighted by Crippen LogP contribution is -2.43. The highest BCUT2D eigenvalue weighted by Gasteiger charge is 2.37. The van der Waals surface area contributed by atoms with Crippen molar-refractivity contribution in [3.05, 3.63) is 0 Å². The second kappa shape index (κ2) is 6.36. The minimum atomic E-state index is -3.97. The number of sulfone groups is 1. The molecule has 0 aromatic carbocycles. The van der Waals surface area contributed by atoms with Gasteiger partial charge in [0.05, 0.1) is 0 Å². The van der Waals surface area contributed by atoms with Crippen molar-refractivity contribution in [1.82, 2.24) is 5.32 Å². The largest absolute Gasteiger partial charge is 0.480 e. The minimum Gasteiger partial charge on any atom is -0.480 e. The third kappa shape index (κ3) is 4.49. The molecular formula is C12H21NO5S. The van der Waals surface area contributed by atoms with Crippen molar-refractivity contribution in [3.8, 4) is 0 Å². The molecule has 0 aromatic heterocycles. The summed E-state index contributed by atoms with van der Waals surface area (Å²) >= 11 is 0. The Bertz CT molecular complexity index is 437. The molecule has 1 atom stereocenters. The Morgan fingerprint density at radius 3 is 2.21 bits per heavy atom. The molecule has 0 radical (unpaired) electrons. The number of aliphatic carboxylic acids is 1. The zero-order chi connectivity index (χ0) is 14.6. The summed E-state index contributed by atoms with van der Waals surface area (Å²) in [6, 6.07) is 0.0324. The highest BCUT2D eigenvalue weighted by atomic mass is 32.2. The average Bonchev–Trinajstić information content (AvgIpc) is 2.66. The molecule has 1 aliphatic carbocycles. The Balaban J connectivity index is 2.66. The maximum Gasteiger partial charge on any atom is 0.322 e. The lowest BCUT2D eigenvalue weighted by atomic mass is 10.1. The molecular weight excluding hydrogens is 270 g/mol. The zero-order valence-corrected chi connectivity index (χ0v) is 12.1. The van der Waals surface area contributed by atoms with Crippen LogP contribution >= 0.6 is 0 Å². The summed E-state index contributed by atoms with van der Waals surface area (Å²) in [5.74, 6) is -3.32. The first-order valence-corrected chi connectivity index (χ1v) is 8.19. The Hall–Kier alpha value is -1.11. The molecule has 1 saturated carbocycles. The maximum atomic E-state index is 12.0. The molecule has 0 aromatic rings. The molecule has 1 aliphatic rings.